The molecule has 0 heterocycles. The van der Waals surface area contributed by atoms with Crippen LogP contribution in [-0.4, -0.2) is 29.9 Å². The number of nitrogens with one attached hydrogen (secondary N) is 1. The van der Waals surface area contributed by atoms with Crippen molar-refractivity contribution in [3.05, 3.63) is 95.6 Å². The zero-order valence-corrected chi connectivity index (χ0v) is 17.5. The van der Waals surface area contributed by atoms with Crippen molar-refractivity contribution in [3.8, 4) is 5.75 Å². The van der Waals surface area contributed by atoms with Gasteiger partial charge in [-0.15, -0.1) is 0 Å². The lowest BCUT2D eigenvalue weighted by Crippen LogP contribution is -2.32. The highest BCUT2D eigenvalue weighted by Gasteiger charge is 2.20. The van der Waals surface area contributed by atoms with Gasteiger partial charge >= 0.3 is 0 Å². The van der Waals surface area contributed by atoms with Crippen molar-refractivity contribution < 1.29 is 14.3 Å². The van der Waals surface area contributed by atoms with Crippen LogP contribution in [0.5, 0.6) is 5.75 Å². The van der Waals surface area contributed by atoms with Crippen molar-refractivity contribution >= 4 is 17.5 Å². The Bertz CT molecular complexity index is 1020. The van der Waals surface area contributed by atoms with E-state index in [0.717, 1.165) is 11.1 Å². The normalized spacial score (nSPS) is 11.4. The number of hydrogen-bond donors (Lipinski definition) is 1. The van der Waals surface area contributed by atoms with Crippen LogP contribution in [0, 0.1) is 6.92 Å². The molecule has 0 aliphatic rings. The van der Waals surface area contributed by atoms with Gasteiger partial charge in [-0.3, -0.25) is 9.59 Å². The lowest BCUT2D eigenvalue weighted by atomic mass is 10.1. The average Bonchev–Trinajstić information content (AvgIpc) is 2.76. The van der Waals surface area contributed by atoms with Crippen molar-refractivity contribution in [2.24, 2.45) is 0 Å². The predicted octanol–water partition coefficient (Wildman–Crippen LogP) is 4.67. The molecule has 0 bridgehead atoms. The number of para-hydroxylation sites is 2. The quantitative estimate of drug-likeness (QED) is 0.625. The predicted molar refractivity (Wildman–Crippen MR) is 119 cm³/mol. The number of nitrogens with zero attached hydrogens (tertiary/aromatic N) is 1. The third-order valence-electron chi connectivity index (χ3n) is 4.79. The first kappa shape index (κ1) is 21.1. The molecule has 2 amide bonds. The molecule has 1 atom stereocenters. The number of hydrogen-bond acceptors (Lipinski definition) is 3. The Labute approximate surface area is 177 Å². The maximum absolute atomic E-state index is 13.0. The Morgan fingerprint density at radius 2 is 1.57 bits per heavy atom. The molecule has 0 radical (unpaired) electrons. The molecule has 0 saturated carbocycles. The topological polar surface area (TPSA) is 58.6 Å². The number of carbonyl (C=O) groups excluding carboxylic acids is 2. The minimum Gasteiger partial charge on any atom is -0.481 e. The van der Waals surface area contributed by atoms with Crippen molar-refractivity contribution in [1.82, 2.24) is 4.90 Å². The van der Waals surface area contributed by atoms with Crippen LogP contribution < -0.4 is 10.1 Å². The Morgan fingerprint density at radius 3 is 2.30 bits per heavy atom. The second kappa shape index (κ2) is 9.74. The molecule has 3 aromatic carbocycles. The highest BCUT2D eigenvalue weighted by molar-refractivity contribution is 6.04. The van der Waals surface area contributed by atoms with Gasteiger partial charge in [0.25, 0.3) is 11.8 Å². The molecule has 1 unspecified atom stereocenters. The van der Waals surface area contributed by atoms with Gasteiger partial charge in [0, 0.05) is 13.6 Å². The van der Waals surface area contributed by atoms with Gasteiger partial charge in [0.1, 0.15) is 5.75 Å². The van der Waals surface area contributed by atoms with Crippen LogP contribution in [0.3, 0.4) is 0 Å². The number of benzene rings is 3. The van der Waals surface area contributed by atoms with E-state index in [4.69, 9.17) is 4.74 Å². The summed E-state index contributed by atoms with van der Waals surface area (Å²) in [4.78, 5) is 27.3. The molecule has 0 aliphatic heterocycles. The minimum absolute atomic E-state index is 0.165. The lowest BCUT2D eigenvalue weighted by molar-refractivity contribution is -0.122. The van der Waals surface area contributed by atoms with Crippen molar-refractivity contribution in [2.75, 3.05) is 12.4 Å². The van der Waals surface area contributed by atoms with Crippen LogP contribution in [0.1, 0.15) is 28.4 Å². The van der Waals surface area contributed by atoms with Crippen LogP contribution in [0.15, 0.2) is 78.9 Å². The lowest BCUT2D eigenvalue weighted by Gasteiger charge is -2.20. The number of carbonyl (C=O) groups is 2. The van der Waals surface area contributed by atoms with Crippen LogP contribution in [0.4, 0.5) is 5.69 Å². The molecule has 0 saturated heterocycles. The smallest absolute Gasteiger partial charge is 0.265 e. The molecule has 30 heavy (non-hydrogen) atoms. The Hall–Kier alpha value is -3.60. The molecule has 0 aromatic heterocycles. The van der Waals surface area contributed by atoms with E-state index in [1.165, 1.54) is 0 Å². The molecule has 154 valence electrons. The molecule has 5 heteroatoms. The molecule has 0 fully saturated rings. The van der Waals surface area contributed by atoms with Gasteiger partial charge in [0.15, 0.2) is 6.10 Å². The number of aryl methyl sites for hydroxylation is 1. The van der Waals surface area contributed by atoms with Gasteiger partial charge < -0.3 is 15.0 Å². The van der Waals surface area contributed by atoms with Gasteiger partial charge in [-0.05, 0) is 43.2 Å². The summed E-state index contributed by atoms with van der Waals surface area (Å²) < 4.78 is 5.80. The van der Waals surface area contributed by atoms with Crippen molar-refractivity contribution in [2.45, 2.75) is 26.5 Å². The number of ether oxygens (including phenoxy) is 1. The van der Waals surface area contributed by atoms with Crippen molar-refractivity contribution in [1.29, 1.82) is 0 Å². The highest BCUT2D eigenvalue weighted by Crippen LogP contribution is 2.21. The molecule has 0 spiro atoms. The van der Waals surface area contributed by atoms with E-state index in [1.807, 2.05) is 61.5 Å². The van der Waals surface area contributed by atoms with Crippen LogP contribution in [0.2, 0.25) is 0 Å². The average molecular weight is 402 g/mol. The summed E-state index contributed by atoms with van der Waals surface area (Å²) in [5, 5.41) is 2.84. The summed E-state index contributed by atoms with van der Waals surface area (Å²) in [5.74, 6) is 0.179. The van der Waals surface area contributed by atoms with Crippen LogP contribution in [0.25, 0.3) is 0 Å². The van der Waals surface area contributed by atoms with Gasteiger partial charge in [0.05, 0.1) is 11.3 Å². The van der Waals surface area contributed by atoms with Crippen LogP contribution >= 0.6 is 0 Å². The number of amides is 2. The van der Waals surface area contributed by atoms with Gasteiger partial charge in [0.2, 0.25) is 0 Å². The van der Waals surface area contributed by atoms with E-state index in [9.17, 15) is 9.59 Å². The number of anilines is 1. The van der Waals surface area contributed by atoms with E-state index in [0.29, 0.717) is 23.5 Å². The second-order valence-electron chi connectivity index (χ2n) is 7.21. The maximum atomic E-state index is 13.0. The highest BCUT2D eigenvalue weighted by atomic mass is 16.5. The summed E-state index contributed by atoms with van der Waals surface area (Å²) >= 11 is 0. The Morgan fingerprint density at radius 1 is 0.933 bits per heavy atom. The fourth-order valence-corrected chi connectivity index (χ4v) is 3.08. The van der Waals surface area contributed by atoms with Gasteiger partial charge in [-0.25, -0.2) is 0 Å². The molecular formula is C25H26N2O3. The van der Waals surface area contributed by atoms with E-state index >= 15 is 0 Å². The summed E-state index contributed by atoms with van der Waals surface area (Å²) in [6.45, 7) is 4.10. The zero-order chi connectivity index (χ0) is 21.5. The Balaban J connectivity index is 1.70. The molecule has 1 N–H and O–H groups in total. The molecule has 0 aliphatic carbocycles. The van der Waals surface area contributed by atoms with Gasteiger partial charge in [-0.1, -0.05) is 60.7 Å². The third kappa shape index (κ3) is 5.26. The summed E-state index contributed by atoms with van der Waals surface area (Å²) in [7, 11) is 1.75. The zero-order valence-electron chi connectivity index (χ0n) is 17.5. The van der Waals surface area contributed by atoms with E-state index in [2.05, 4.69) is 5.32 Å². The van der Waals surface area contributed by atoms with Gasteiger partial charge in [-0.2, -0.15) is 0 Å². The van der Waals surface area contributed by atoms with E-state index in [-0.39, 0.29) is 11.8 Å². The van der Waals surface area contributed by atoms with E-state index < -0.39 is 6.10 Å². The molecule has 5 nitrogen and oxygen atoms in total. The minimum atomic E-state index is -0.712. The first-order valence-corrected chi connectivity index (χ1v) is 9.87. The molecular weight excluding hydrogens is 376 g/mol. The first-order chi connectivity index (χ1) is 14.5. The second-order valence-corrected chi connectivity index (χ2v) is 7.21. The summed E-state index contributed by atoms with van der Waals surface area (Å²) in [5.41, 5.74) is 2.89. The van der Waals surface area contributed by atoms with E-state index in [1.54, 1.807) is 43.1 Å². The standard InChI is InChI=1S/C25H26N2O3/c1-18-11-7-10-16-23(18)30-19(2)24(28)26-22-15-9-8-14-21(22)25(29)27(3)17-20-12-5-4-6-13-20/h4-16,19H,17H2,1-3H3,(H,26,28). The molecule has 3 rings (SSSR count). The first-order valence-electron chi connectivity index (χ1n) is 9.87. The Kier molecular flexibility index (Phi) is 6.86. The third-order valence-corrected chi connectivity index (χ3v) is 4.79. The number of rotatable bonds is 7. The monoisotopic (exact) mass is 402 g/mol. The maximum Gasteiger partial charge on any atom is 0.265 e. The van der Waals surface area contributed by atoms with Crippen LogP contribution in [-0.2, 0) is 11.3 Å². The largest absolute Gasteiger partial charge is 0.481 e. The SMILES string of the molecule is Cc1ccccc1OC(C)C(=O)Nc1ccccc1C(=O)N(C)Cc1ccccc1. The summed E-state index contributed by atoms with van der Waals surface area (Å²) in [6, 6.07) is 24.3. The van der Waals surface area contributed by atoms with Crippen molar-refractivity contribution in [3.63, 3.8) is 0 Å². The summed E-state index contributed by atoms with van der Waals surface area (Å²) in [6.07, 6.45) is -0.712. The fraction of sp³-hybridized carbons (Fsp3) is 0.200. The fourth-order valence-electron chi connectivity index (χ4n) is 3.08. The molecule has 3 aromatic rings.